The SMILES string of the molecule is CCOC(=O)C(C)OC(=O)c1ccc(F)cc1C#N. The predicted molar refractivity (Wildman–Crippen MR) is 62.6 cm³/mol. The second kappa shape index (κ2) is 6.50. The second-order valence-electron chi connectivity index (χ2n) is 3.60. The molecule has 1 unspecified atom stereocenters. The Bertz CT molecular complexity index is 536. The van der Waals surface area contributed by atoms with E-state index in [1.807, 2.05) is 0 Å². The van der Waals surface area contributed by atoms with Crippen molar-refractivity contribution in [1.82, 2.24) is 0 Å². The van der Waals surface area contributed by atoms with Crippen LogP contribution in [0.5, 0.6) is 0 Å². The molecule has 5 nitrogen and oxygen atoms in total. The van der Waals surface area contributed by atoms with Crippen LogP contribution in [0.3, 0.4) is 0 Å². The molecule has 0 amide bonds. The number of ether oxygens (including phenoxy) is 2. The van der Waals surface area contributed by atoms with Crippen LogP contribution in [-0.4, -0.2) is 24.6 Å². The van der Waals surface area contributed by atoms with E-state index in [9.17, 15) is 14.0 Å². The van der Waals surface area contributed by atoms with E-state index in [0.717, 1.165) is 18.2 Å². The van der Waals surface area contributed by atoms with Crippen molar-refractivity contribution in [3.63, 3.8) is 0 Å². The number of benzene rings is 1. The zero-order chi connectivity index (χ0) is 14.4. The first kappa shape index (κ1) is 14.6. The molecular weight excluding hydrogens is 253 g/mol. The van der Waals surface area contributed by atoms with Gasteiger partial charge in [-0.3, -0.25) is 0 Å². The van der Waals surface area contributed by atoms with E-state index >= 15 is 0 Å². The van der Waals surface area contributed by atoms with E-state index < -0.39 is 23.9 Å². The summed E-state index contributed by atoms with van der Waals surface area (Å²) in [6.45, 7) is 3.15. The zero-order valence-corrected chi connectivity index (χ0v) is 10.5. The van der Waals surface area contributed by atoms with E-state index in [-0.39, 0.29) is 17.7 Å². The average molecular weight is 265 g/mol. The summed E-state index contributed by atoms with van der Waals surface area (Å²) in [6.07, 6.45) is -1.09. The molecule has 100 valence electrons. The van der Waals surface area contributed by atoms with Gasteiger partial charge in [-0.1, -0.05) is 0 Å². The van der Waals surface area contributed by atoms with Gasteiger partial charge in [0.25, 0.3) is 0 Å². The molecule has 0 aliphatic heterocycles. The van der Waals surface area contributed by atoms with Crippen LogP contribution in [0.15, 0.2) is 18.2 Å². The lowest BCUT2D eigenvalue weighted by Gasteiger charge is -2.12. The molecule has 1 aromatic rings. The third-order valence-corrected chi connectivity index (χ3v) is 2.22. The van der Waals surface area contributed by atoms with Crippen molar-refractivity contribution in [3.8, 4) is 6.07 Å². The first-order valence-corrected chi connectivity index (χ1v) is 5.56. The van der Waals surface area contributed by atoms with Crippen molar-refractivity contribution in [1.29, 1.82) is 5.26 Å². The van der Waals surface area contributed by atoms with Gasteiger partial charge in [0, 0.05) is 0 Å². The van der Waals surface area contributed by atoms with Gasteiger partial charge in [0.15, 0.2) is 6.10 Å². The number of carbonyl (C=O) groups is 2. The topological polar surface area (TPSA) is 76.4 Å². The molecule has 0 aromatic heterocycles. The first-order valence-electron chi connectivity index (χ1n) is 5.56. The van der Waals surface area contributed by atoms with E-state index in [4.69, 9.17) is 10.00 Å². The largest absolute Gasteiger partial charge is 0.463 e. The van der Waals surface area contributed by atoms with E-state index in [2.05, 4.69) is 4.74 Å². The standard InChI is InChI=1S/C13H12FNO4/c1-3-18-12(16)8(2)19-13(17)11-5-4-10(14)6-9(11)7-15/h4-6,8H,3H2,1-2H3. The highest BCUT2D eigenvalue weighted by molar-refractivity contribution is 5.93. The number of halogens is 1. The van der Waals surface area contributed by atoms with Crippen LogP contribution in [0.1, 0.15) is 29.8 Å². The number of hydrogen-bond donors (Lipinski definition) is 0. The van der Waals surface area contributed by atoms with Crippen LogP contribution in [0, 0.1) is 17.1 Å². The molecule has 0 spiro atoms. The van der Waals surface area contributed by atoms with Crippen molar-refractivity contribution in [2.24, 2.45) is 0 Å². The molecule has 1 rings (SSSR count). The molecule has 0 N–H and O–H groups in total. The number of nitriles is 1. The summed E-state index contributed by atoms with van der Waals surface area (Å²) in [5, 5.41) is 8.80. The molecule has 0 heterocycles. The Hall–Kier alpha value is -2.42. The molecule has 0 aliphatic carbocycles. The molecule has 0 bridgehead atoms. The summed E-state index contributed by atoms with van der Waals surface area (Å²) >= 11 is 0. The molecule has 0 fully saturated rings. The summed E-state index contributed by atoms with van der Waals surface area (Å²) in [7, 11) is 0. The van der Waals surface area contributed by atoms with Crippen LogP contribution in [0.4, 0.5) is 4.39 Å². The first-order chi connectivity index (χ1) is 8.99. The van der Waals surface area contributed by atoms with Crippen molar-refractivity contribution < 1.29 is 23.5 Å². The fraction of sp³-hybridized carbons (Fsp3) is 0.308. The summed E-state index contributed by atoms with van der Waals surface area (Å²) in [4.78, 5) is 23.0. The average Bonchev–Trinajstić information content (AvgIpc) is 2.38. The second-order valence-corrected chi connectivity index (χ2v) is 3.60. The van der Waals surface area contributed by atoms with Crippen LogP contribution in [-0.2, 0) is 14.3 Å². The van der Waals surface area contributed by atoms with Gasteiger partial charge >= 0.3 is 11.9 Å². The number of rotatable bonds is 4. The molecule has 0 aliphatic rings. The van der Waals surface area contributed by atoms with Gasteiger partial charge in [-0.15, -0.1) is 0 Å². The highest BCUT2D eigenvalue weighted by Crippen LogP contribution is 2.13. The molecule has 1 aromatic carbocycles. The van der Waals surface area contributed by atoms with Gasteiger partial charge in [0.1, 0.15) is 11.9 Å². The van der Waals surface area contributed by atoms with Gasteiger partial charge in [0.2, 0.25) is 0 Å². The lowest BCUT2D eigenvalue weighted by Crippen LogP contribution is -2.26. The van der Waals surface area contributed by atoms with Gasteiger partial charge in [-0.05, 0) is 32.0 Å². The normalized spacial score (nSPS) is 11.3. The lowest BCUT2D eigenvalue weighted by atomic mass is 10.1. The smallest absolute Gasteiger partial charge is 0.347 e. The number of hydrogen-bond acceptors (Lipinski definition) is 5. The molecule has 0 saturated carbocycles. The summed E-state index contributed by atoms with van der Waals surface area (Å²) in [5.74, 6) is -2.19. The van der Waals surface area contributed by atoms with E-state index in [1.165, 1.54) is 6.92 Å². The van der Waals surface area contributed by atoms with Crippen LogP contribution >= 0.6 is 0 Å². The fourth-order valence-corrected chi connectivity index (χ4v) is 1.32. The Labute approximate surface area is 109 Å². The predicted octanol–water partition coefficient (Wildman–Crippen LogP) is 1.81. The maximum Gasteiger partial charge on any atom is 0.347 e. The number of esters is 2. The summed E-state index contributed by atoms with van der Waals surface area (Å²) in [5.41, 5.74) is -0.249. The molecule has 1 atom stereocenters. The van der Waals surface area contributed by atoms with E-state index in [1.54, 1.807) is 13.0 Å². The Morgan fingerprint density at radius 3 is 2.74 bits per heavy atom. The lowest BCUT2D eigenvalue weighted by molar-refractivity contribution is -0.152. The van der Waals surface area contributed by atoms with Crippen molar-refractivity contribution in [3.05, 3.63) is 35.1 Å². The van der Waals surface area contributed by atoms with Crippen molar-refractivity contribution in [2.45, 2.75) is 20.0 Å². The molecule has 6 heteroatoms. The van der Waals surface area contributed by atoms with Crippen molar-refractivity contribution >= 4 is 11.9 Å². The number of nitrogens with zero attached hydrogens (tertiary/aromatic N) is 1. The van der Waals surface area contributed by atoms with Crippen LogP contribution < -0.4 is 0 Å². The van der Waals surface area contributed by atoms with Gasteiger partial charge < -0.3 is 9.47 Å². The molecule has 0 saturated heterocycles. The third-order valence-electron chi connectivity index (χ3n) is 2.22. The minimum absolute atomic E-state index is 0.0972. The third kappa shape index (κ3) is 3.78. The number of carbonyl (C=O) groups excluding carboxylic acids is 2. The van der Waals surface area contributed by atoms with Gasteiger partial charge in [0.05, 0.1) is 17.7 Å². The van der Waals surface area contributed by atoms with Gasteiger partial charge in [-0.25, -0.2) is 14.0 Å². The minimum Gasteiger partial charge on any atom is -0.463 e. The Morgan fingerprint density at radius 1 is 1.47 bits per heavy atom. The molecule has 19 heavy (non-hydrogen) atoms. The zero-order valence-electron chi connectivity index (χ0n) is 10.5. The monoisotopic (exact) mass is 265 g/mol. The Balaban J connectivity index is 2.85. The molecular formula is C13H12FNO4. The highest BCUT2D eigenvalue weighted by Gasteiger charge is 2.21. The maximum atomic E-state index is 12.9. The van der Waals surface area contributed by atoms with Gasteiger partial charge in [-0.2, -0.15) is 5.26 Å². The fourth-order valence-electron chi connectivity index (χ4n) is 1.32. The van der Waals surface area contributed by atoms with Crippen LogP contribution in [0.2, 0.25) is 0 Å². The van der Waals surface area contributed by atoms with E-state index in [0.29, 0.717) is 0 Å². The van der Waals surface area contributed by atoms with Crippen molar-refractivity contribution in [2.75, 3.05) is 6.61 Å². The highest BCUT2D eigenvalue weighted by atomic mass is 19.1. The Morgan fingerprint density at radius 2 is 2.16 bits per heavy atom. The minimum atomic E-state index is -1.09. The van der Waals surface area contributed by atoms with Crippen LogP contribution in [0.25, 0.3) is 0 Å². The maximum absolute atomic E-state index is 12.9. The summed E-state index contributed by atoms with van der Waals surface area (Å²) in [6, 6.07) is 4.78. The summed E-state index contributed by atoms with van der Waals surface area (Å²) < 4.78 is 22.4. The Kier molecular flexibility index (Phi) is 5.01. The quantitative estimate of drug-likeness (QED) is 0.776. The molecule has 0 radical (unpaired) electrons.